The molecule has 0 bridgehead atoms. The van der Waals surface area contributed by atoms with Gasteiger partial charge in [0.1, 0.15) is 11.3 Å². The molecule has 2 amide bonds. The fraction of sp³-hybridized carbons (Fsp3) is 0.250. The van der Waals surface area contributed by atoms with Crippen molar-refractivity contribution in [2.75, 3.05) is 5.75 Å². The Morgan fingerprint density at radius 1 is 1.02 bits per heavy atom. The second-order valence-corrected chi connectivity index (χ2v) is 11.5. The van der Waals surface area contributed by atoms with Crippen molar-refractivity contribution < 1.29 is 39.3 Å². The monoisotopic (exact) mass is 618 g/mol. The molecule has 0 saturated heterocycles. The molecule has 216 valence electrons. The summed E-state index contributed by atoms with van der Waals surface area (Å²) in [5.74, 6) is -3.84. The summed E-state index contributed by atoms with van der Waals surface area (Å²) in [7, 11) is 0. The number of thioether (sulfide) groups is 1. The molecule has 0 radical (unpaired) electrons. The predicted molar refractivity (Wildman–Crippen MR) is 155 cm³/mol. The second kappa shape index (κ2) is 14.7. The molecule has 1 aromatic heterocycles. The summed E-state index contributed by atoms with van der Waals surface area (Å²) in [6.07, 6.45) is -0.571. The molecule has 3 rings (SSSR count). The zero-order valence-corrected chi connectivity index (χ0v) is 24.2. The van der Waals surface area contributed by atoms with Gasteiger partial charge in [-0.25, -0.2) is 4.79 Å². The average molecular weight is 619 g/mol. The number of aromatic hydroxyl groups is 1. The smallest absolute Gasteiger partial charge is 0.339 e. The van der Waals surface area contributed by atoms with Crippen LogP contribution in [-0.2, 0) is 33.2 Å². The Labute approximate surface area is 248 Å². The van der Waals surface area contributed by atoms with Gasteiger partial charge in [0.05, 0.1) is 29.6 Å². The molecule has 4 N–H and O–H groups in total. The minimum atomic E-state index is -1.30. The van der Waals surface area contributed by atoms with Crippen molar-refractivity contribution >= 4 is 64.2 Å². The minimum absolute atomic E-state index is 0.0203. The number of aliphatic carboxylic acids is 1. The number of nitrogens with one attached hydrogen (secondary N) is 1. The molecule has 3 aromatic rings. The number of hydrogen-bond acceptors (Lipinski definition) is 8. The van der Waals surface area contributed by atoms with Crippen molar-refractivity contribution in [3.8, 4) is 5.75 Å². The van der Waals surface area contributed by atoms with Crippen molar-refractivity contribution in [1.82, 2.24) is 10.2 Å². The summed E-state index contributed by atoms with van der Waals surface area (Å²) in [5, 5.41) is 31.3. The van der Waals surface area contributed by atoms with E-state index in [4.69, 9.17) is 11.6 Å². The van der Waals surface area contributed by atoms with E-state index in [0.29, 0.717) is 21.2 Å². The third kappa shape index (κ3) is 9.34. The zero-order chi connectivity index (χ0) is 30.1. The van der Waals surface area contributed by atoms with E-state index < -0.39 is 36.1 Å². The topological polar surface area (TPSA) is 161 Å². The number of ketones is 1. The number of aromatic carboxylic acids is 1. The first-order valence-electron chi connectivity index (χ1n) is 12.2. The van der Waals surface area contributed by atoms with Gasteiger partial charge in [-0.1, -0.05) is 35.9 Å². The number of amides is 2. The normalized spacial score (nSPS) is 11.5. The SMILES string of the molecule is CC(=O)N(Cc1ccc(O)c(C(=O)O)c1)Cc1ccc(C(=O)NC(CC(=O)O)C(=O)CSCc2ccccc2Cl)s1. The first-order valence-corrected chi connectivity index (χ1v) is 14.6. The number of Topliss-reactive ketones (excluding diaryl/α,β-unsaturated/α-hetero) is 1. The average Bonchev–Trinajstić information content (AvgIpc) is 3.38. The van der Waals surface area contributed by atoms with E-state index in [-0.39, 0.29) is 40.9 Å². The van der Waals surface area contributed by atoms with Crippen LogP contribution in [0.4, 0.5) is 0 Å². The summed E-state index contributed by atoms with van der Waals surface area (Å²) < 4.78 is 0. The highest BCUT2D eigenvalue weighted by Crippen LogP contribution is 2.24. The molecule has 0 fully saturated rings. The molecule has 1 atom stereocenters. The van der Waals surface area contributed by atoms with E-state index >= 15 is 0 Å². The fourth-order valence-corrected chi connectivity index (χ4v) is 5.94. The number of phenols is 1. The Morgan fingerprint density at radius 2 is 1.76 bits per heavy atom. The van der Waals surface area contributed by atoms with Gasteiger partial charge in [-0.15, -0.1) is 23.1 Å². The van der Waals surface area contributed by atoms with Crippen LogP contribution in [0.5, 0.6) is 5.75 Å². The van der Waals surface area contributed by atoms with Crippen LogP contribution in [0.2, 0.25) is 5.02 Å². The van der Waals surface area contributed by atoms with Crippen molar-refractivity contribution in [2.24, 2.45) is 0 Å². The molecular formula is C28H27ClN2O8S2. The quantitative estimate of drug-likeness (QED) is 0.205. The first-order chi connectivity index (χ1) is 19.4. The number of carboxylic acids is 2. The minimum Gasteiger partial charge on any atom is -0.507 e. The van der Waals surface area contributed by atoms with Crippen LogP contribution in [0.25, 0.3) is 0 Å². The second-order valence-electron chi connectivity index (χ2n) is 8.97. The lowest BCUT2D eigenvalue weighted by Crippen LogP contribution is -2.43. The lowest BCUT2D eigenvalue weighted by molar-refractivity contribution is -0.139. The Morgan fingerprint density at radius 3 is 2.41 bits per heavy atom. The number of carbonyl (C=O) groups is 5. The van der Waals surface area contributed by atoms with Gasteiger partial charge in [-0.2, -0.15) is 0 Å². The number of halogens is 1. The number of rotatable bonds is 14. The molecule has 0 aliphatic heterocycles. The molecule has 1 heterocycles. The Bertz CT molecular complexity index is 1460. The Kier molecular flexibility index (Phi) is 11.3. The summed E-state index contributed by atoms with van der Waals surface area (Å²) in [4.78, 5) is 63.0. The van der Waals surface area contributed by atoms with Crippen molar-refractivity contribution in [1.29, 1.82) is 0 Å². The van der Waals surface area contributed by atoms with Crippen molar-refractivity contribution in [3.05, 3.63) is 86.1 Å². The zero-order valence-electron chi connectivity index (χ0n) is 21.8. The molecule has 0 spiro atoms. The van der Waals surface area contributed by atoms with E-state index in [1.165, 1.54) is 47.9 Å². The van der Waals surface area contributed by atoms with E-state index in [9.17, 15) is 39.3 Å². The van der Waals surface area contributed by atoms with Crippen LogP contribution >= 0.6 is 34.7 Å². The van der Waals surface area contributed by atoms with Crippen LogP contribution in [0, 0.1) is 0 Å². The maximum Gasteiger partial charge on any atom is 0.339 e. The number of benzene rings is 2. The summed E-state index contributed by atoms with van der Waals surface area (Å²) in [6, 6.07) is 13.2. The molecule has 1 unspecified atom stereocenters. The van der Waals surface area contributed by atoms with Gasteiger partial charge in [-0.05, 0) is 41.5 Å². The van der Waals surface area contributed by atoms with Crippen LogP contribution in [0.1, 0.15) is 49.4 Å². The summed E-state index contributed by atoms with van der Waals surface area (Å²) >= 11 is 8.48. The van der Waals surface area contributed by atoms with E-state index in [0.717, 1.165) is 16.9 Å². The number of carbonyl (C=O) groups excluding carboxylic acids is 3. The largest absolute Gasteiger partial charge is 0.507 e. The fourth-order valence-electron chi connectivity index (χ4n) is 3.75. The molecule has 13 heteroatoms. The predicted octanol–water partition coefficient (Wildman–Crippen LogP) is 4.43. The highest BCUT2D eigenvalue weighted by Gasteiger charge is 2.25. The summed E-state index contributed by atoms with van der Waals surface area (Å²) in [6.45, 7) is 1.54. The Hall–Kier alpha value is -3.87. The maximum atomic E-state index is 12.9. The van der Waals surface area contributed by atoms with Gasteiger partial charge >= 0.3 is 11.9 Å². The van der Waals surface area contributed by atoms with Crippen LogP contribution < -0.4 is 5.32 Å². The van der Waals surface area contributed by atoms with E-state index in [2.05, 4.69) is 5.32 Å². The van der Waals surface area contributed by atoms with Gasteiger partial charge in [0.2, 0.25) is 5.91 Å². The van der Waals surface area contributed by atoms with Crippen LogP contribution in [0.15, 0.2) is 54.6 Å². The molecule has 0 saturated carbocycles. The van der Waals surface area contributed by atoms with Crippen LogP contribution in [0.3, 0.4) is 0 Å². The highest BCUT2D eigenvalue weighted by molar-refractivity contribution is 7.99. The molecular weight excluding hydrogens is 592 g/mol. The van der Waals surface area contributed by atoms with Gasteiger partial charge in [0, 0.05) is 29.1 Å². The number of hydrogen-bond donors (Lipinski definition) is 4. The molecule has 0 aliphatic rings. The van der Waals surface area contributed by atoms with Gasteiger partial charge < -0.3 is 25.5 Å². The first kappa shape index (κ1) is 31.7. The maximum absolute atomic E-state index is 12.9. The number of nitrogens with zero attached hydrogens (tertiary/aromatic N) is 1. The number of thiophene rings is 1. The van der Waals surface area contributed by atoms with E-state index in [1.54, 1.807) is 18.2 Å². The lowest BCUT2D eigenvalue weighted by atomic mass is 10.1. The van der Waals surface area contributed by atoms with Gasteiger partial charge in [0.25, 0.3) is 5.91 Å². The van der Waals surface area contributed by atoms with Crippen LogP contribution in [-0.4, -0.2) is 61.6 Å². The van der Waals surface area contributed by atoms with Gasteiger partial charge in [0.15, 0.2) is 5.78 Å². The molecule has 2 aromatic carbocycles. The van der Waals surface area contributed by atoms with E-state index in [1.807, 2.05) is 12.1 Å². The highest BCUT2D eigenvalue weighted by atomic mass is 35.5. The lowest BCUT2D eigenvalue weighted by Gasteiger charge is -2.21. The third-order valence-electron chi connectivity index (χ3n) is 5.87. The van der Waals surface area contributed by atoms with Crippen molar-refractivity contribution in [2.45, 2.75) is 38.2 Å². The number of carboxylic acid groups (broad SMARTS) is 2. The standard InChI is InChI=1S/C28H27ClN2O8S2/c1-16(32)31(12-17-6-8-23(33)20(10-17)28(38)39)13-19-7-9-25(41-19)27(37)30-22(11-26(35)36)24(34)15-40-14-18-4-2-3-5-21(18)29/h2-10,22,33H,11-15H2,1H3,(H,30,37)(H,35,36)(H,38,39). The molecule has 10 nitrogen and oxygen atoms in total. The van der Waals surface area contributed by atoms with Gasteiger partial charge in [-0.3, -0.25) is 19.2 Å². The van der Waals surface area contributed by atoms with Crippen molar-refractivity contribution in [3.63, 3.8) is 0 Å². The summed E-state index contributed by atoms with van der Waals surface area (Å²) in [5.41, 5.74) is 1.05. The Balaban J connectivity index is 1.63. The third-order valence-corrected chi connectivity index (χ3v) is 8.32. The molecule has 0 aliphatic carbocycles. The molecule has 41 heavy (non-hydrogen) atoms.